The predicted molar refractivity (Wildman–Crippen MR) is 73.0 cm³/mol. The summed E-state index contributed by atoms with van der Waals surface area (Å²) in [6, 6.07) is 3.70. The first-order valence-electron chi connectivity index (χ1n) is 5.79. The first-order chi connectivity index (χ1) is 8.50. The van der Waals surface area contributed by atoms with E-state index in [1.165, 1.54) is 6.26 Å². The third-order valence-corrected chi connectivity index (χ3v) is 5.65. The SMILES string of the molecule is CS(=O)(=O)C1CSCCN1Cc1ccc(CN)o1. The molecule has 5 nitrogen and oxygen atoms in total. The standard InChI is InChI=1S/C11H18N2O3S2/c1-18(14,15)11-8-17-5-4-13(11)7-10-3-2-9(6-12)16-10/h2-3,11H,4-8,12H2,1H3. The van der Waals surface area contributed by atoms with Gasteiger partial charge in [0.15, 0.2) is 9.84 Å². The molecule has 1 fully saturated rings. The van der Waals surface area contributed by atoms with E-state index in [0.29, 0.717) is 18.8 Å². The van der Waals surface area contributed by atoms with Crippen LogP contribution in [0.5, 0.6) is 0 Å². The van der Waals surface area contributed by atoms with Gasteiger partial charge in [0.1, 0.15) is 16.9 Å². The topological polar surface area (TPSA) is 76.5 Å². The van der Waals surface area contributed by atoms with E-state index >= 15 is 0 Å². The van der Waals surface area contributed by atoms with Gasteiger partial charge in [-0.15, -0.1) is 0 Å². The molecule has 0 saturated carbocycles. The zero-order valence-electron chi connectivity index (χ0n) is 10.3. The number of sulfone groups is 1. The van der Waals surface area contributed by atoms with Gasteiger partial charge in [0.05, 0.1) is 13.1 Å². The van der Waals surface area contributed by atoms with E-state index in [4.69, 9.17) is 10.2 Å². The predicted octanol–water partition coefficient (Wildman–Crippen LogP) is 0.658. The summed E-state index contributed by atoms with van der Waals surface area (Å²) in [7, 11) is -3.06. The molecule has 0 amide bonds. The molecule has 0 spiro atoms. The normalized spacial score (nSPS) is 22.2. The van der Waals surface area contributed by atoms with Gasteiger partial charge in [0.25, 0.3) is 0 Å². The maximum absolute atomic E-state index is 11.7. The smallest absolute Gasteiger partial charge is 0.164 e. The van der Waals surface area contributed by atoms with Crippen molar-refractivity contribution in [3.63, 3.8) is 0 Å². The van der Waals surface area contributed by atoms with Crippen LogP contribution in [-0.2, 0) is 22.9 Å². The third kappa shape index (κ3) is 3.28. The van der Waals surface area contributed by atoms with Gasteiger partial charge in [-0.3, -0.25) is 4.90 Å². The zero-order valence-corrected chi connectivity index (χ0v) is 12.0. The number of nitrogens with zero attached hydrogens (tertiary/aromatic N) is 1. The number of furan rings is 1. The van der Waals surface area contributed by atoms with Gasteiger partial charge in [-0.25, -0.2) is 8.42 Å². The lowest BCUT2D eigenvalue weighted by molar-refractivity contribution is 0.238. The van der Waals surface area contributed by atoms with Crippen LogP contribution in [0.2, 0.25) is 0 Å². The molecule has 1 atom stereocenters. The fraction of sp³-hybridized carbons (Fsp3) is 0.636. The van der Waals surface area contributed by atoms with Crippen LogP contribution in [-0.4, -0.2) is 43.0 Å². The van der Waals surface area contributed by atoms with Crippen LogP contribution < -0.4 is 5.73 Å². The molecular weight excluding hydrogens is 272 g/mol. The maximum Gasteiger partial charge on any atom is 0.164 e. The summed E-state index contributed by atoms with van der Waals surface area (Å²) in [6.45, 7) is 1.66. The van der Waals surface area contributed by atoms with Crippen LogP contribution in [0, 0.1) is 0 Å². The molecule has 18 heavy (non-hydrogen) atoms. The second kappa shape index (κ2) is 5.64. The molecule has 1 aromatic rings. The van der Waals surface area contributed by atoms with Crippen molar-refractivity contribution in [2.45, 2.75) is 18.5 Å². The van der Waals surface area contributed by atoms with E-state index in [1.807, 2.05) is 17.0 Å². The molecule has 2 heterocycles. The molecular formula is C11H18N2O3S2. The second-order valence-electron chi connectivity index (χ2n) is 4.40. The molecule has 102 valence electrons. The van der Waals surface area contributed by atoms with Crippen LogP contribution in [0.15, 0.2) is 16.5 Å². The van der Waals surface area contributed by atoms with Gasteiger partial charge in [-0.1, -0.05) is 0 Å². The van der Waals surface area contributed by atoms with Crippen LogP contribution in [0.1, 0.15) is 11.5 Å². The van der Waals surface area contributed by atoms with E-state index in [1.54, 1.807) is 11.8 Å². The zero-order chi connectivity index (χ0) is 13.2. The Labute approximate surface area is 112 Å². The van der Waals surface area contributed by atoms with Crippen molar-refractivity contribution in [1.82, 2.24) is 4.90 Å². The van der Waals surface area contributed by atoms with Crippen LogP contribution >= 0.6 is 11.8 Å². The summed E-state index contributed by atoms with van der Waals surface area (Å²) in [5.41, 5.74) is 5.49. The molecule has 2 rings (SSSR count). The van der Waals surface area contributed by atoms with E-state index < -0.39 is 15.2 Å². The molecule has 1 unspecified atom stereocenters. The first-order valence-corrected chi connectivity index (χ1v) is 8.90. The van der Waals surface area contributed by atoms with Crippen LogP contribution in [0.3, 0.4) is 0 Å². The Hall–Kier alpha value is -0.500. The molecule has 0 bridgehead atoms. The number of rotatable bonds is 4. The van der Waals surface area contributed by atoms with Crippen molar-refractivity contribution in [3.8, 4) is 0 Å². The Morgan fingerprint density at radius 1 is 1.50 bits per heavy atom. The highest BCUT2D eigenvalue weighted by Crippen LogP contribution is 2.22. The summed E-state index contributed by atoms with van der Waals surface area (Å²) >= 11 is 1.68. The summed E-state index contributed by atoms with van der Waals surface area (Å²) in [5, 5.41) is -0.414. The minimum Gasteiger partial charge on any atom is -0.463 e. The molecule has 0 aromatic carbocycles. The highest BCUT2D eigenvalue weighted by atomic mass is 32.2. The maximum atomic E-state index is 11.7. The average Bonchev–Trinajstić information content (AvgIpc) is 2.76. The summed E-state index contributed by atoms with van der Waals surface area (Å²) in [4.78, 5) is 1.96. The Bertz CT molecular complexity index is 498. The minimum absolute atomic E-state index is 0.366. The number of nitrogens with two attached hydrogens (primary N) is 1. The lowest BCUT2D eigenvalue weighted by Gasteiger charge is -2.33. The number of hydrogen-bond acceptors (Lipinski definition) is 6. The van der Waals surface area contributed by atoms with Gasteiger partial charge >= 0.3 is 0 Å². The molecule has 2 N–H and O–H groups in total. The molecule has 0 aliphatic carbocycles. The van der Waals surface area contributed by atoms with Gasteiger partial charge < -0.3 is 10.2 Å². The average molecular weight is 290 g/mol. The Kier molecular flexibility index (Phi) is 4.37. The molecule has 1 aliphatic rings. The van der Waals surface area contributed by atoms with Gasteiger partial charge in [0.2, 0.25) is 0 Å². The lowest BCUT2D eigenvalue weighted by atomic mass is 10.4. The summed E-state index contributed by atoms with van der Waals surface area (Å²) in [6.07, 6.45) is 1.30. The molecule has 1 aromatic heterocycles. The van der Waals surface area contributed by atoms with Crippen molar-refractivity contribution in [1.29, 1.82) is 0 Å². The number of thioether (sulfide) groups is 1. The Balaban J connectivity index is 2.10. The highest BCUT2D eigenvalue weighted by molar-refractivity contribution is 8.00. The third-order valence-electron chi connectivity index (χ3n) is 2.96. The molecule has 1 saturated heterocycles. The fourth-order valence-corrected chi connectivity index (χ4v) is 4.95. The van der Waals surface area contributed by atoms with E-state index in [2.05, 4.69) is 0 Å². The van der Waals surface area contributed by atoms with E-state index in [9.17, 15) is 8.42 Å². The van der Waals surface area contributed by atoms with Gasteiger partial charge in [-0.05, 0) is 12.1 Å². The van der Waals surface area contributed by atoms with Crippen LogP contribution in [0.25, 0.3) is 0 Å². The Morgan fingerprint density at radius 3 is 2.83 bits per heavy atom. The fourth-order valence-electron chi connectivity index (χ4n) is 2.01. The van der Waals surface area contributed by atoms with E-state index in [0.717, 1.165) is 23.8 Å². The van der Waals surface area contributed by atoms with Gasteiger partial charge in [0, 0.05) is 24.3 Å². The van der Waals surface area contributed by atoms with Crippen molar-refractivity contribution in [2.75, 3.05) is 24.3 Å². The molecule has 0 radical (unpaired) electrons. The second-order valence-corrected chi connectivity index (χ2v) is 7.75. The number of hydrogen-bond donors (Lipinski definition) is 1. The summed E-state index contributed by atoms with van der Waals surface area (Å²) < 4.78 is 29.0. The van der Waals surface area contributed by atoms with Crippen molar-refractivity contribution >= 4 is 21.6 Å². The quantitative estimate of drug-likeness (QED) is 0.878. The van der Waals surface area contributed by atoms with Crippen molar-refractivity contribution in [2.24, 2.45) is 5.73 Å². The molecule has 7 heteroatoms. The van der Waals surface area contributed by atoms with Crippen molar-refractivity contribution < 1.29 is 12.8 Å². The lowest BCUT2D eigenvalue weighted by Crippen LogP contribution is -2.46. The first kappa shape index (κ1) is 13.9. The Morgan fingerprint density at radius 2 is 2.22 bits per heavy atom. The van der Waals surface area contributed by atoms with Crippen LogP contribution in [0.4, 0.5) is 0 Å². The summed E-state index contributed by atoms with van der Waals surface area (Å²) in [5.74, 6) is 3.09. The van der Waals surface area contributed by atoms with Gasteiger partial charge in [-0.2, -0.15) is 11.8 Å². The minimum atomic E-state index is -3.06. The monoisotopic (exact) mass is 290 g/mol. The largest absolute Gasteiger partial charge is 0.463 e. The van der Waals surface area contributed by atoms with E-state index in [-0.39, 0.29) is 0 Å². The highest BCUT2D eigenvalue weighted by Gasteiger charge is 2.31. The molecule has 1 aliphatic heterocycles. The van der Waals surface area contributed by atoms with Crippen molar-refractivity contribution in [3.05, 3.63) is 23.7 Å².